The van der Waals surface area contributed by atoms with Crippen LogP contribution in [0.15, 0.2) is 0 Å². The third kappa shape index (κ3) is 4.43. The number of nitrogens with zero attached hydrogens (tertiary/aromatic N) is 1. The van der Waals surface area contributed by atoms with E-state index < -0.39 is 0 Å². The summed E-state index contributed by atoms with van der Waals surface area (Å²) in [4.78, 5) is 14.3. The van der Waals surface area contributed by atoms with Crippen LogP contribution in [0.2, 0.25) is 0 Å². The molecule has 2 fully saturated rings. The zero-order chi connectivity index (χ0) is 12.3. The third-order valence-electron chi connectivity index (χ3n) is 4.36. The Morgan fingerprint density at radius 2 is 1.89 bits per heavy atom. The monoisotopic (exact) mass is 274 g/mol. The van der Waals surface area contributed by atoms with Crippen LogP contribution in [0.4, 0.5) is 0 Å². The molecule has 1 aliphatic carbocycles. The molecule has 1 atom stereocenters. The van der Waals surface area contributed by atoms with Crippen LogP contribution in [-0.4, -0.2) is 29.9 Å². The molecule has 4 heteroatoms. The minimum Gasteiger partial charge on any atom is -0.342 e. The van der Waals surface area contributed by atoms with Crippen molar-refractivity contribution in [2.75, 3.05) is 13.1 Å². The molecule has 0 aromatic heterocycles. The summed E-state index contributed by atoms with van der Waals surface area (Å²) in [6.07, 6.45) is 7.74. The summed E-state index contributed by atoms with van der Waals surface area (Å²) in [5.41, 5.74) is 5.89. The molecule has 0 aromatic rings. The van der Waals surface area contributed by atoms with Crippen LogP contribution in [0.1, 0.15) is 51.9 Å². The number of nitrogens with two attached hydrogens (primary N) is 1. The first kappa shape index (κ1) is 15.8. The second-order valence-electron chi connectivity index (χ2n) is 6.07. The van der Waals surface area contributed by atoms with E-state index in [1.807, 2.05) is 0 Å². The van der Waals surface area contributed by atoms with Gasteiger partial charge in [0.1, 0.15) is 0 Å². The van der Waals surface area contributed by atoms with E-state index >= 15 is 0 Å². The Balaban J connectivity index is 0.00000162. The summed E-state index contributed by atoms with van der Waals surface area (Å²) >= 11 is 0. The molecule has 1 unspecified atom stereocenters. The fourth-order valence-electron chi connectivity index (χ4n) is 3.18. The molecule has 1 saturated heterocycles. The minimum atomic E-state index is 0. The molecular weight excluding hydrogens is 248 g/mol. The predicted molar refractivity (Wildman–Crippen MR) is 76.8 cm³/mol. The maximum absolute atomic E-state index is 12.2. The average Bonchev–Trinajstić information content (AvgIpc) is 2.32. The van der Waals surface area contributed by atoms with Crippen LogP contribution in [0.5, 0.6) is 0 Å². The number of hydrogen-bond acceptors (Lipinski definition) is 2. The molecule has 0 bridgehead atoms. The van der Waals surface area contributed by atoms with Gasteiger partial charge in [-0.25, -0.2) is 0 Å². The Morgan fingerprint density at radius 3 is 2.50 bits per heavy atom. The Labute approximate surface area is 117 Å². The second kappa shape index (κ2) is 7.34. The van der Waals surface area contributed by atoms with E-state index in [0.717, 1.165) is 45.2 Å². The Kier molecular flexibility index (Phi) is 6.44. The molecule has 0 aromatic carbocycles. The quantitative estimate of drug-likeness (QED) is 0.841. The summed E-state index contributed by atoms with van der Waals surface area (Å²) in [5, 5.41) is 0. The van der Waals surface area contributed by atoms with Gasteiger partial charge in [-0.2, -0.15) is 0 Å². The van der Waals surface area contributed by atoms with Gasteiger partial charge in [0, 0.05) is 25.6 Å². The highest BCUT2D eigenvalue weighted by molar-refractivity contribution is 5.85. The van der Waals surface area contributed by atoms with E-state index in [1.165, 1.54) is 12.8 Å². The van der Waals surface area contributed by atoms with Crippen molar-refractivity contribution < 1.29 is 4.79 Å². The fourth-order valence-corrected chi connectivity index (χ4v) is 3.18. The lowest BCUT2D eigenvalue weighted by Crippen LogP contribution is -2.40. The van der Waals surface area contributed by atoms with Crippen molar-refractivity contribution >= 4 is 18.3 Å². The fraction of sp³-hybridized carbons (Fsp3) is 0.929. The number of likely N-dealkylation sites (tertiary alicyclic amines) is 1. The molecule has 0 spiro atoms. The van der Waals surface area contributed by atoms with Crippen LogP contribution < -0.4 is 5.73 Å². The number of hydrogen-bond donors (Lipinski definition) is 1. The van der Waals surface area contributed by atoms with E-state index in [4.69, 9.17) is 5.73 Å². The van der Waals surface area contributed by atoms with Crippen LogP contribution in [0.25, 0.3) is 0 Å². The summed E-state index contributed by atoms with van der Waals surface area (Å²) in [7, 11) is 0. The topological polar surface area (TPSA) is 46.3 Å². The van der Waals surface area contributed by atoms with Crippen LogP contribution >= 0.6 is 12.4 Å². The lowest BCUT2D eigenvalue weighted by atomic mass is 9.84. The van der Waals surface area contributed by atoms with E-state index in [2.05, 4.69) is 11.8 Å². The molecule has 0 radical (unpaired) electrons. The third-order valence-corrected chi connectivity index (χ3v) is 4.36. The van der Waals surface area contributed by atoms with Gasteiger partial charge >= 0.3 is 0 Å². The number of piperidine rings is 1. The zero-order valence-electron chi connectivity index (χ0n) is 11.4. The summed E-state index contributed by atoms with van der Waals surface area (Å²) in [5.74, 6) is 1.67. The second-order valence-corrected chi connectivity index (χ2v) is 6.07. The van der Waals surface area contributed by atoms with Crippen LogP contribution in [0.3, 0.4) is 0 Å². The van der Waals surface area contributed by atoms with Crippen LogP contribution in [0, 0.1) is 11.8 Å². The van der Waals surface area contributed by atoms with E-state index in [-0.39, 0.29) is 12.4 Å². The first-order chi connectivity index (χ1) is 8.15. The van der Waals surface area contributed by atoms with E-state index in [9.17, 15) is 4.79 Å². The Morgan fingerprint density at radius 1 is 1.22 bits per heavy atom. The zero-order valence-corrected chi connectivity index (χ0v) is 12.3. The summed E-state index contributed by atoms with van der Waals surface area (Å²) in [6, 6.07) is 0.386. The van der Waals surface area contributed by atoms with Crippen molar-refractivity contribution in [2.24, 2.45) is 17.6 Å². The number of amides is 1. The largest absolute Gasteiger partial charge is 0.342 e. The van der Waals surface area contributed by atoms with Gasteiger partial charge in [-0.05, 0) is 50.4 Å². The Hall–Kier alpha value is -0.280. The maximum Gasteiger partial charge on any atom is 0.222 e. The molecule has 18 heavy (non-hydrogen) atoms. The first-order valence-corrected chi connectivity index (χ1v) is 7.18. The van der Waals surface area contributed by atoms with Crippen molar-refractivity contribution in [2.45, 2.75) is 57.9 Å². The van der Waals surface area contributed by atoms with Gasteiger partial charge < -0.3 is 10.6 Å². The summed E-state index contributed by atoms with van der Waals surface area (Å²) < 4.78 is 0. The van der Waals surface area contributed by atoms with Gasteiger partial charge in [-0.1, -0.05) is 6.92 Å². The number of halogens is 1. The standard InChI is InChI=1S/C14H26N2O.ClH/c1-11-3-2-8-16(10-11)14(17)9-12-4-6-13(15)7-5-12;/h11-13H,2-10,15H2,1H3;1H. The van der Waals surface area contributed by atoms with Crippen molar-refractivity contribution in [3.63, 3.8) is 0 Å². The predicted octanol–water partition coefficient (Wildman–Crippen LogP) is 2.57. The first-order valence-electron chi connectivity index (χ1n) is 7.18. The molecule has 106 valence electrons. The molecule has 2 rings (SSSR count). The normalized spacial score (nSPS) is 32.8. The highest BCUT2D eigenvalue weighted by Gasteiger charge is 2.25. The average molecular weight is 275 g/mol. The highest BCUT2D eigenvalue weighted by atomic mass is 35.5. The van der Waals surface area contributed by atoms with Gasteiger partial charge in [-0.15, -0.1) is 12.4 Å². The Bertz CT molecular complexity index is 265. The van der Waals surface area contributed by atoms with Crippen LogP contribution in [-0.2, 0) is 4.79 Å². The van der Waals surface area contributed by atoms with Crippen molar-refractivity contribution in [1.29, 1.82) is 0 Å². The van der Waals surface area contributed by atoms with Crippen molar-refractivity contribution in [3.05, 3.63) is 0 Å². The molecule has 1 amide bonds. The lowest BCUT2D eigenvalue weighted by molar-refractivity contribution is -0.134. The molecule has 2 aliphatic rings. The molecular formula is C14H27ClN2O. The molecule has 1 heterocycles. The van der Waals surface area contributed by atoms with Crippen molar-refractivity contribution in [1.82, 2.24) is 4.90 Å². The van der Waals surface area contributed by atoms with Gasteiger partial charge in [0.05, 0.1) is 0 Å². The minimum absolute atomic E-state index is 0. The highest BCUT2D eigenvalue weighted by Crippen LogP contribution is 2.27. The maximum atomic E-state index is 12.2. The van der Waals surface area contributed by atoms with Gasteiger partial charge in [0.25, 0.3) is 0 Å². The van der Waals surface area contributed by atoms with Gasteiger partial charge in [0.15, 0.2) is 0 Å². The van der Waals surface area contributed by atoms with Gasteiger partial charge in [-0.3, -0.25) is 4.79 Å². The lowest BCUT2D eigenvalue weighted by Gasteiger charge is -2.33. The number of carbonyl (C=O) groups is 1. The number of rotatable bonds is 2. The molecule has 1 aliphatic heterocycles. The SMILES string of the molecule is CC1CCCN(C(=O)CC2CCC(N)CC2)C1.Cl. The molecule has 1 saturated carbocycles. The summed E-state index contributed by atoms with van der Waals surface area (Å²) in [6.45, 7) is 4.21. The van der Waals surface area contributed by atoms with Gasteiger partial charge in [0.2, 0.25) is 5.91 Å². The van der Waals surface area contributed by atoms with Crippen molar-refractivity contribution in [3.8, 4) is 0 Å². The van der Waals surface area contributed by atoms with E-state index in [1.54, 1.807) is 0 Å². The molecule has 2 N–H and O–H groups in total. The smallest absolute Gasteiger partial charge is 0.222 e. The molecule has 3 nitrogen and oxygen atoms in total. The van der Waals surface area contributed by atoms with E-state index in [0.29, 0.717) is 23.8 Å². The number of carbonyl (C=O) groups excluding carboxylic acids is 1.